The highest BCUT2D eigenvalue weighted by Gasteiger charge is 2.42. The van der Waals surface area contributed by atoms with Crippen LogP contribution in [0.1, 0.15) is 46.5 Å². The molecule has 2 unspecified atom stereocenters. The van der Waals surface area contributed by atoms with E-state index in [0.29, 0.717) is 25.7 Å². The number of aliphatic hydroxyl groups is 1. The van der Waals surface area contributed by atoms with Crippen LogP contribution in [0.2, 0.25) is 0 Å². The second kappa shape index (κ2) is 6.58. The van der Waals surface area contributed by atoms with E-state index in [1.54, 1.807) is 0 Å². The molecule has 0 aromatic heterocycles. The summed E-state index contributed by atoms with van der Waals surface area (Å²) in [5, 5.41) is 10.5. The Kier molecular flexibility index (Phi) is 5.73. The average Bonchev–Trinajstić information content (AvgIpc) is 2.30. The van der Waals surface area contributed by atoms with Gasteiger partial charge in [0, 0.05) is 32.7 Å². The third kappa shape index (κ3) is 3.19. The van der Waals surface area contributed by atoms with Gasteiger partial charge in [0.1, 0.15) is 0 Å². The van der Waals surface area contributed by atoms with Crippen molar-refractivity contribution < 1.29 is 14.6 Å². The van der Waals surface area contributed by atoms with E-state index in [-0.39, 0.29) is 11.7 Å². The first-order valence-corrected chi connectivity index (χ1v) is 6.56. The molecule has 0 aliphatic carbocycles. The Labute approximate surface area is 99.1 Å². The molecule has 0 aromatic rings. The van der Waals surface area contributed by atoms with Crippen LogP contribution in [0.25, 0.3) is 0 Å². The van der Waals surface area contributed by atoms with Crippen molar-refractivity contribution in [2.45, 2.75) is 58.2 Å². The van der Waals surface area contributed by atoms with Crippen molar-refractivity contribution in [1.29, 1.82) is 0 Å². The molecule has 3 nitrogen and oxygen atoms in total. The van der Waals surface area contributed by atoms with Crippen LogP contribution < -0.4 is 0 Å². The Morgan fingerprint density at radius 3 is 2.44 bits per heavy atom. The number of aliphatic hydroxyl groups excluding tert-OH is 1. The van der Waals surface area contributed by atoms with Gasteiger partial charge in [-0.1, -0.05) is 20.3 Å². The summed E-state index contributed by atoms with van der Waals surface area (Å²) in [5.41, 5.74) is -0.360. The van der Waals surface area contributed by atoms with Crippen LogP contribution in [-0.4, -0.2) is 36.6 Å². The van der Waals surface area contributed by atoms with Crippen LogP contribution in [0.4, 0.5) is 0 Å². The maximum Gasteiger partial charge on any atom is 0.0986 e. The highest BCUT2D eigenvalue weighted by atomic mass is 16.5. The van der Waals surface area contributed by atoms with Gasteiger partial charge in [-0.2, -0.15) is 0 Å². The standard InChI is InChI=1S/C13H26O3/c1-4-6-11(3)12(14)13(16-5-2)7-9-15-10-8-13/h11-12,14H,4-10H2,1-3H3. The molecular formula is C13H26O3. The zero-order chi connectivity index (χ0) is 12.0. The normalized spacial score (nSPS) is 24.0. The van der Waals surface area contributed by atoms with E-state index in [1.807, 2.05) is 6.92 Å². The highest BCUT2D eigenvalue weighted by molar-refractivity contribution is 4.92. The molecule has 3 heteroatoms. The molecule has 1 aliphatic heterocycles. The fraction of sp³-hybridized carbons (Fsp3) is 1.00. The van der Waals surface area contributed by atoms with Crippen molar-refractivity contribution in [1.82, 2.24) is 0 Å². The minimum Gasteiger partial charge on any atom is -0.390 e. The summed E-state index contributed by atoms with van der Waals surface area (Å²) in [6.07, 6.45) is 3.43. The predicted octanol–water partition coefficient (Wildman–Crippen LogP) is 2.37. The molecule has 0 spiro atoms. The van der Waals surface area contributed by atoms with E-state index < -0.39 is 0 Å². The molecule has 2 atom stereocenters. The average molecular weight is 230 g/mol. The van der Waals surface area contributed by atoms with E-state index in [1.165, 1.54) is 0 Å². The fourth-order valence-corrected chi connectivity index (χ4v) is 2.66. The van der Waals surface area contributed by atoms with Crippen molar-refractivity contribution in [3.63, 3.8) is 0 Å². The maximum absolute atomic E-state index is 10.5. The first-order chi connectivity index (χ1) is 7.66. The van der Waals surface area contributed by atoms with E-state index in [2.05, 4.69) is 13.8 Å². The van der Waals surface area contributed by atoms with Crippen LogP contribution in [0, 0.1) is 5.92 Å². The SMILES string of the molecule is CCCC(C)C(O)C1(OCC)CCOCC1. The van der Waals surface area contributed by atoms with Gasteiger partial charge in [-0.15, -0.1) is 0 Å². The molecule has 0 saturated carbocycles. The molecule has 0 amide bonds. The lowest BCUT2D eigenvalue weighted by Gasteiger charge is -2.42. The second-order valence-electron chi connectivity index (χ2n) is 4.82. The summed E-state index contributed by atoms with van der Waals surface area (Å²) in [6.45, 7) is 8.33. The van der Waals surface area contributed by atoms with Gasteiger partial charge in [0.15, 0.2) is 0 Å². The summed E-state index contributed by atoms with van der Waals surface area (Å²) < 4.78 is 11.2. The fourth-order valence-electron chi connectivity index (χ4n) is 2.66. The number of hydrogen-bond donors (Lipinski definition) is 1. The van der Waals surface area contributed by atoms with Crippen LogP contribution in [0.3, 0.4) is 0 Å². The van der Waals surface area contributed by atoms with Crippen molar-refractivity contribution in [3.05, 3.63) is 0 Å². The first kappa shape index (κ1) is 13.9. The molecule has 16 heavy (non-hydrogen) atoms. The Bertz CT molecular complexity index is 182. The van der Waals surface area contributed by atoms with Crippen molar-refractivity contribution in [2.24, 2.45) is 5.92 Å². The molecule has 96 valence electrons. The zero-order valence-corrected chi connectivity index (χ0v) is 10.9. The second-order valence-corrected chi connectivity index (χ2v) is 4.82. The third-order valence-electron chi connectivity index (χ3n) is 3.59. The summed E-state index contributed by atoms with van der Waals surface area (Å²) in [4.78, 5) is 0. The predicted molar refractivity (Wildman–Crippen MR) is 64.5 cm³/mol. The van der Waals surface area contributed by atoms with Gasteiger partial charge in [-0.05, 0) is 19.3 Å². The maximum atomic E-state index is 10.5. The van der Waals surface area contributed by atoms with Gasteiger partial charge >= 0.3 is 0 Å². The quantitative estimate of drug-likeness (QED) is 0.761. The largest absolute Gasteiger partial charge is 0.390 e. The van der Waals surface area contributed by atoms with E-state index in [4.69, 9.17) is 9.47 Å². The molecule has 0 aromatic carbocycles. The van der Waals surface area contributed by atoms with Crippen molar-refractivity contribution in [2.75, 3.05) is 19.8 Å². The first-order valence-electron chi connectivity index (χ1n) is 6.56. The molecule has 1 heterocycles. The summed E-state index contributed by atoms with van der Waals surface area (Å²) in [7, 11) is 0. The van der Waals surface area contributed by atoms with Crippen molar-refractivity contribution >= 4 is 0 Å². The Morgan fingerprint density at radius 1 is 1.31 bits per heavy atom. The van der Waals surface area contributed by atoms with Gasteiger partial charge in [0.05, 0.1) is 11.7 Å². The molecular weight excluding hydrogens is 204 g/mol. The Hall–Kier alpha value is -0.120. The lowest BCUT2D eigenvalue weighted by Crippen LogP contribution is -2.51. The number of hydrogen-bond acceptors (Lipinski definition) is 3. The summed E-state index contributed by atoms with van der Waals surface area (Å²) >= 11 is 0. The Morgan fingerprint density at radius 2 is 1.94 bits per heavy atom. The molecule has 1 aliphatic rings. The van der Waals surface area contributed by atoms with Crippen LogP contribution >= 0.6 is 0 Å². The van der Waals surface area contributed by atoms with Crippen LogP contribution in [0.5, 0.6) is 0 Å². The number of rotatable bonds is 6. The van der Waals surface area contributed by atoms with Crippen molar-refractivity contribution in [3.8, 4) is 0 Å². The lowest BCUT2D eigenvalue weighted by molar-refractivity contribution is -0.178. The summed E-state index contributed by atoms with van der Waals surface area (Å²) in [5.74, 6) is 0.301. The minimum atomic E-state index is -0.365. The Balaban J connectivity index is 2.66. The topological polar surface area (TPSA) is 38.7 Å². The van der Waals surface area contributed by atoms with Gasteiger partial charge in [0.2, 0.25) is 0 Å². The number of ether oxygens (including phenoxy) is 2. The molecule has 1 fully saturated rings. The van der Waals surface area contributed by atoms with Gasteiger partial charge in [-0.25, -0.2) is 0 Å². The van der Waals surface area contributed by atoms with Gasteiger partial charge in [-0.3, -0.25) is 0 Å². The highest BCUT2D eigenvalue weighted by Crippen LogP contribution is 2.33. The minimum absolute atomic E-state index is 0.301. The van der Waals surface area contributed by atoms with Crippen LogP contribution in [-0.2, 0) is 9.47 Å². The van der Waals surface area contributed by atoms with E-state index in [9.17, 15) is 5.11 Å². The van der Waals surface area contributed by atoms with E-state index >= 15 is 0 Å². The van der Waals surface area contributed by atoms with Gasteiger partial charge < -0.3 is 14.6 Å². The molecule has 1 N–H and O–H groups in total. The molecule has 1 rings (SSSR count). The molecule has 0 bridgehead atoms. The molecule has 0 radical (unpaired) electrons. The lowest BCUT2D eigenvalue weighted by atomic mass is 9.80. The monoisotopic (exact) mass is 230 g/mol. The molecule has 1 saturated heterocycles. The summed E-state index contributed by atoms with van der Waals surface area (Å²) in [6, 6.07) is 0. The van der Waals surface area contributed by atoms with Gasteiger partial charge in [0.25, 0.3) is 0 Å². The van der Waals surface area contributed by atoms with Crippen LogP contribution in [0.15, 0.2) is 0 Å². The third-order valence-corrected chi connectivity index (χ3v) is 3.59. The smallest absolute Gasteiger partial charge is 0.0986 e. The zero-order valence-electron chi connectivity index (χ0n) is 10.9. The van der Waals surface area contributed by atoms with E-state index in [0.717, 1.165) is 25.7 Å².